The Morgan fingerprint density at radius 3 is 1.78 bits per heavy atom. The highest BCUT2D eigenvalue weighted by Gasteiger charge is 2.50. The van der Waals surface area contributed by atoms with Crippen LogP contribution in [0.5, 0.6) is 0 Å². The van der Waals surface area contributed by atoms with Gasteiger partial charge in [-0.25, -0.2) is 0 Å². The number of aliphatic hydroxyl groups is 8. The van der Waals surface area contributed by atoms with Crippen molar-refractivity contribution < 1.29 is 55.1 Å². The van der Waals surface area contributed by atoms with Gasteiger partial charge < -0.3 is 55.1 Å². The summed E-state index contributed by atoms with van der Waals surface area (Å²) in [5.41, 5.74) is 0. The van der Waals surface area contributed by atoms with E-state index in [4.69, 9.17) is 24.4 Å². The molecule has 136 valence electrons. The van der Waals surface area contributed by atoms with Crippen LogP contribution in [0.3, 0.4) is 0 Å². The maximum Gasteiger partial charge on any atom is 0.187 e. The molecule has 8 N–H and O–H groups in total. The van der Waals surface area contributed by atoms with Gasteiger partial charge in [0.2, 0.25) is 0 Å². The Bertz CT molecular complexity index is 380. The molecule has 11 nitrogen and oxygen atoms in total. The lowest BCUT2D eigenvalue weighted by Gasteiger charge is -2.45. The van der Waals surface area contributed by atoms with E-state index < -0.39 is 74.6 Å². The van der Waals surface area contributed by atoms with Gasteiger partial charge in [0.25, 0.3) is 0 Å². The molecule has 0 bridgehead atoms. The highest BCUT2D eigenvalue weighted by molar-refractivity contribution is 4.93. The number of hydrogen-bond donors (Lipinski definition) is 8. The smallest absolute Gasteiger partial charge is 0.187 e. The molecule has 2 fully saturated rings. The number of rotatable bonds is 4. The van der Waals surface area contributed by atoms with E-state index in [9.17, 15) is 30.6 Å². The van der Waals surface area contributed by atoms with Crippen molar-refractivity contribution in [2.24, 2.45) is 0 Å². The van der Waals surface area contributed by atoms with E-state index >= 15 is 0 Å². The molecular weight excluding hydrogens is 320 g/mol. The lowest BCUT2D eigenvalue weighted by Crippen LogP contribution is -2.64. The van der Waals surface area contributed by atoms with Crippen LogP contribution in [0, 0.1) is 0 Å². The number of hydrogen-bond acceptors (Lipinski definition) is 11. The van der Waals surface area contributed by atoms with Crippen molar-refractivity contribution >= 4 is 0 Å². The molecule has 0 aromatic heterocycles. The number of aliphatic hydroxyl groups excluding tert-OH is 8. The quantitative estimate of drug-likeness (QED) is 0.243. The predicted molar refractivity (Wildman–Crippen MR) is 68.6 cm³/mol. The van der Waals surface area contributed by atoms with Gasteiger partial charge in [-0.15, -0.1) is 0 Å². The van der Waals surface area contributed by atoms with Crippen LogP contribution in [0.2, 0.25) is 0 Å². The van der Waals surface area contributed by atoms with Crippen LogP contribution in [-0.4, -0.2) is 115 Å². The van der Waals surface area contributed by atoms with Crippen molar-refractivity contribution in [1.82, 2.24) is 0 Å². The minimum Gasteiger partial charge on any atom is -0.394 e. The second-order valence-electron chi connectivity index (χ2n) is 5.53. The van der Waals surface area contributed by atoms with E-state index in [1.807, 2.05) is 0 Å². The van der Waals surface area contributed by atoms with Crippen molar-refractivity contribution in [3.05, 3.63) is 0 Å². The zero-order valence-electron chi connectivity index (χ0n) is 12.0. The van der Waals surface area contributed by atoms with E-state index in [0.717, 1.165) is 0 Å². The van der Waals surface area contributed by atoms with Gasteiger partial charge in [-0.2, -0.15) is 0 Å². The first kappa shape index (κ1) is 18.9. The lowest BCUT2D eigenvalue weighted by atomic mass is 9.97. The molecule has 2 aliphatic rings. The summed E-state index contributed by atoms with van der Waals surface area (Å²) in [5.74, 6) is 0. The zero-order valence-corrected chi connectivity index (χ0v) is 12.0. The van der Waals surface area contributed by atoms with Crippen molar-refractivity contribution in [2.45, 2.75) is 61.4 Å². The first-order valence-electron chi connectivity index (χ1n) is 7.08. The molecular formula is C12H22O11. The Balaban J connectivity index is 2.11. The Morgan fingerprint density at radius 2 is 1.22 bits per heavy atom. The first-order valence-corrected chi connectivity index (χ1v) is 7.08. The molecule has 4 unspecified atom stereocenters. The first-order chi connectivity index (χ1) is 10.8. The van der Waals surface area contributed by atoms with Gasteiger partial charge in [0.15, 0.2) is 12.6 Å². The van der Waals surface area contributed by atoms with Crippen LogP contribution < -0.4 is 0 Å². The topological polar surface area (TPSA) is 190 Å². The van der Waals surface area contributed by atoms with Crippen LogP contribution in [0.15, 0.2) is 0 Å². The van der Waals surface area contributed by atoms with Crippen LogP contribution >= 0.6 is 0 Å². The summed E-state index contributed by atoms with van der Waals surface area (Å²) in [7, 11) is 0. The van der Waals surface area contributed by atoms with Crippen molar-refractivity contribution in [1.29, 1.82) is 0 Å². The van der Waals surface area contributed by atoms with Gasteiger partial charge in [-0.05, 0) is 0 Å². The zero-order chi connectivity index (χ0) is 17.3. The third kappa shape index (κ3) is 3.65. The Hall–Kier alpha value is -0.440. The SMILES string of the molecule is OCC1O[C@@H](O)C(O)[C@@H](O[C@@H]2OC(CO)[C@H](O)[C@H](O)C2O)[C@@H]1O. The van der Waals surface area contributed by atoms with Gasteiger partial charge in [0.05, 0.1) is 13.2 Å². The van der Waals surface area contributed by atoms with Crippen molar-refractivity contribution in [3.63, 3.8) is 0 Å². The monoisotopic (exact) mass is 342 g/mol. The second-order valence-corrected chi connectivity index (χ2v) is 5.53. The van der Waals surface area contributed by atoms with Gasteiger partial charge in [-0.3, -0.25) is 0 Å². The summed E-state index contributed by atoms with van der Waals surface area (Å²) in [6.45, 7) is -1.34. The van der Waals surface area contributed by atoms with Crippen LogP contribution in [-0.2, 0) is 14.2 Å². The molecule has 2 rings (SSSR count). The molecule has 11 heteroatoms. The van der Waals surface area contributed by atoms with E-state index in [1.165, 1.54) is 0 Å². The molecule has 0 saturated carbocycles. The average Bonchev–Trinajstić information content (AvgIpc) is 2.54. The molecule has 23 heavy (non-hydrogen) atoms. The summed E-state index contributed by atoms with van der Waals surface area (Å²) in [6.07, 6.45) is -15.7. The maximum atomic E-state index is 10.00. The molecule has 10 atom stereocenters. The molecule has 0 amide bonds. The van der Waals surface area contributed by atoms with E-state index in [-0.39, 0.29) is 0 Å². The van der Waals surface area contributed by atoms with Crippen molar-refractivity contribution in [3.8, 4) is 0 Å². The lowest BCUT2D eigenvalue weighted by molar-refractivity contribution is -0.355. The minimum absolute atomic E-state index is 0.667. The average molecular weight is 342 g/mol. The molecule has 0 radical (unpaired) electrons. The Kier molecular flexibility index (Phi) is 6.27. The van der Waals surface area contributed by atoms with Gasteiger partial charge in [0.1, 0.15) is 48.8 Å². The summed E-state index contributed by atoms with van der Waals surface area (Å²) in [5, 5.41) is 76.8. The Morgan fingerprint density at radius 1 is 0.652 bits per heavy atom. The largest absolute Gasteiger partial charge is 0.394 e. The molecule has 2 heterocycles. The van der Waals surface area contributed by atoms with Crippen LogP contribution in [0.4, 0.5) is 0 Å². The van der Waals surface area contributed by atoms with Crippen LogP contribution in [0.25, 0.3) is 0 Å². The van der Waals surface area contributed by atoms with Gasteiger partial charge >= 0.3 is 0 Å². The van der Waals surface area contributed by atoms with Gasteiger partial charge in [0, 0.05) is 0 Å². The van der Waals surface area contributed by atoms with Gasteiger partial charge in [-0.1, -0.05) is 0 Å². The minimum atomic E-state index is -1.76. The second kappa shape index (κ2) is 7.63. The fourth-order valence-electron chi connectivity index (χ4n) is 2.56. The number of ether oxygens (including phenoxy) is 3. The molecule has 0 spiro atoms. The highest BCUT2D eigenvalue weighted by atomic mass is 16.7. The fourth-order valence-corrected chi connectivity index (χ4v) is 2.56. The normalized spacial score (nSPS) is 51.7. The molecule has 2 saturated heterocycles. The summed E-state index contributed by atoms with van der Waals surface area (Å²) in [4.78, 5) is 0. The summed E-state index contributed by atoms with van der Waals surface area (Å²) in [6, 6.07) is 0. The summed E-state index contributed by atoms with van der Waals surface area (Å²) >= 11 is 0. The van der Waals surface area contributed by atoms with E-state index in [2.05, 4.69) is 0 Å². The maximum absolute atomic E-state index is 10.00. The molecule has 0 aromatic rings. The Labute approximate surface area is 130 Å². The molecule has 2 aliphatic heterocycles. The van der Waals surface area contributed by atoms with Crippen LogP contribution in [0.1, 0.15) is 0 Å². The third-order valence-corrected chi connectivity index (χ3v) is 3.98. The predicted octanol–water partition coefficient (Wildman–Crippen LogP) is -5.40. The third-order valence-electron chi connectivity index (χ3n) is 3.98. The standard InChI is InChI=1S/C12H22O11/c13-1-3-5(15)7(17)8(18)12(22-3)23-10-6(16)4(2-14)21-11(20)9(10)19/h3-20H,1-2H2/t3?,4?,5-,6+,7-,8?,9?,10-,11+,12-/m0/s1. The van der Waals surface area contributed by atoms with E-state index in [0.29, 0.717) is 0 Å². The summed E-state index contributed by atoms with van der Waals surface area (Å²) < 4.78 is 15.1. The van der Waals surface area contributed by atoms with E-state index in [1.54, 1.807) is 0 Å². The highest BCUT2D eigenvalue weighted by Crippen LogP contribution is 2.28. The fraction of sp³-hybridized carbons (Fsp3) is 1.00. The van der Waals surface area contributed by atoms with Crippen molar-refractivity contribution in [2.75, 3.05) is 13.2 Å². The molecule has 0 aliphatic carbocycles. The molecule has 0 aromatic carbocycles.